The van der Waals surface area contributed by atoms with Gasteiger partial charge in [-0.2, -0.15) is 0 Å². The first-order valence-electron chi connectivity index (χ1n) is 3.81. The van der Waals surface area contributed by atoms with Crippen LogP contribution in [0, 0.1) is 0 Å². The van der Waals surface area contributed by atoms with Crippen LogP contribution in [0.5, 0.6) is 5.75 Å². The summed E-state index contributed by atoms with van der Waals surface area (Å²) in [7, 11) is 1.85. The summed E-state index contributed by atoms with van der Waals surface area (Å²) in [6.45, 7) is 1.98. The van der Waals surface area contributed by atoms with Crippen molar-refractivity contribution in [1.29, 1.82) is 0 Å². The number of phenolic OH excluding ortho intramolecular Hbond substituents is 1. The Hall–Kier alpha value is -0.730. The molecule has 1 aromatic rings. The van der Waals surface area contributed by atoms with Crippen LogP contribution in [0.2, 0.25) is 5.02 Å². The summed E-state index contributed by atoms with van der Waals surface area (Å²) in [4.78, 5) is 0. The molecular formula is C9H12ClNO. The Kier molecular flexibility index (Phi) is 2.95. The summed E-state index contributed by atoms with van der Waals surface area (Å²) in [6.07, 6.45) is 0. The normalized spacial score (nSPS) is 12.9. The quantitative estimate of drug-likeness (QED) is 0.741. The number of hydrogen-bond acceptors (Lipinski definition) is 2. The largest absolute Gasteiger partial charge is 0.508 e. The molecule has 0 aromatic heterocycles. The second-order valence-corrected chi connectivity index (χ2v) is 3.15. The lowest BCUT2D eigenvalue weighted by molar-refractivity contribution is 0.458. The van der Waals surface area contributed by atoms with Crippen molar-refractivity contribution in [1.82, 2.24) is 5.32 Å². The van der Waals surface area contributed by atoms with Crippen molar-refractivity contribution < 1.29 is 5.11 Å². The first-order chi connectivity index (χ1) is 5.65. The second-order valence-electron chi connectivity index (χ2n) is 2.71. The molecule has 0 aliphatic carbocycles. The Labute approximate surface area is 77.2 Å². The van der Waals surface area contributed by atoms with E-state index in [9.17, 15) is 5.11 Å². The van der Waals surface area contributed by atoms with E-state index in [2.05, 4.69) is 5.32 Å². The Morgan fingerprint density at radius 3 is 2.67 bits per heavy atom. The fourth-order valence-corrected chi connectivity index (χ4v) is 1.20. The van der Waals surface area contributed by atoms with Crippen molar-refractivity contribution >= 4 is 11.6 Å². The summed E-state index contributed by atoms with van der Waals surface area (Å²) >= 11 is 5.68. The van der Waals surface area contributed by atoms with Crippen molar-refractivity contribution in [3.8, 4) is 5.75 Å². The third-order valence-corrected chi connectivity index (χ3v) is 2.13. The van der Waals surface area contributed by atoms with Crippen molar-refractivity contribution in [3.05, 3.63) is 28.8 Å². The molecule has 0 bridgehead atoms. The maximum atomic E-state index is 9.47. The molecule has 3 heteroatoms. The third-order valence-electron chi connectivity index (χ3n) is 1.89. The van der Waals surface area contributed by atoms with E-state index in [-0.39, 0.29) is 11.8 Å². The second kappa shape index (κ2) is 3.78. The molecule has 66 valence electrons. The Morgan fingerprint density at radius 1 is 1.50 bits per heavy atom. The van der Waals surface area contributed by atoms with Gasteiger partial charge in [0.1, 0.15) is 5.75 Å². The minimum absolute atomic E-state index is 0.141. The Balaban J connectivity index is 3.01. The zero-order valence-corrected chi connectivity index (χ0v) is 7.89. The van der Waals surface area contributed by atoms with Crippen LogP contribution in [0.4, 0.5) is 0 Å². The zero-order valence-electron chi connectivity index (χ0n) is 7.13. The predicted molar refractivity (Wildman–Crippen MR) is 50.6 cm³/mol. The van der Waals surface area contributed by atoms with E-state index in [1.54, 1.807) is 12.1 Å². The number of halogens is 1. The van der Waals surface area contributed by atoms with E-state index in [4.69, 9.17) is 11.6 Å². The number of aromatic hydroxyl groups is 1. The summed E-state index contributed by atoms with van der Waals surface area (Å²) in [5, 5.41) is 13.1. The predicted octanol–water partition coefficient (Wildman–Crippen LogP) is 2.33. The molecule has 0 aliphatic heterocycles. The molecular weight excluding hydrogens is 174 g/mol. The van der Waals surface area contributed by atoms with E-state index in [1.165, 1.54) is 0 Å². The van der Waals surface area contributed by atoms with Crippen LogP contribution in [-0.4, -0.2) is 12.2 Å². The smallest absolute Gasteiger partial charge is 0.121 e. The molecule has 1 aromatic carbocycles. The van der Waals surface area contributed by atoms with Gasteiger partial charge in [0.05, 0.1) is 0 Å². The highest BCUT2D eigenvalue weighted by Crippen LogP contribution is 2.26. The topological polar surface area (TPSA) is 32.3 Å². The summed E-state index contributed by atoms with van der Waals surface area (Å²) in [5.74, 6) is 0.240. The molecule has 0 heterocycles. The SMILES string of the molecule is CN[C@H](C)c1ccc(Cl)cc1O. The van der Waals surface area contributed by atoms with Crippen LogP contribution in [0.1, 0.15) is 18.5 Å². The van der Waals surface area contributed by atoms with Crippen molar-refractivity contribution in [2.45, 2.75) is 13.0 Å². The molecule has 1 rings (SSSR count). The molecule has 0 amide bonds. The first kappa shape index (κ1) is 9.36. The Morgan fingerprint density at radius 2 is 2.17 bits per heavy atom. The lowest BCUT2D eigenvalue weighted by Crippen LogP contribution is -2.12. The number of benzene rings is 1. The van der Waals surface area contributed by atoms with Gasteiger partial charge in [0.25, 0.3) is 0 Å². The van der Waals surface area contributed by atoms with Gasteiger partial charge in [-0.15, -0.1) is 0 Å². The van der Waals surface area contributed by atoms with E-state index in [0.717, 1.165) is 5.56 Å². The lowest BCUT2D eigenvalue weighted by atomic mass is 10.1. The van der Waals surface area contributed by atoms with E-state index < -0.39 is 0 Å². The highest BCUT2D eigenvalue weighted by Gasteiger charge is 2.07. The van der Waals surface area contributed by atoms with Crippen molar-refractivity contribution in [3.63, 3.8) is 0 Å². The lowest BCUT2D eigenvalue weighted by Gasteiger charge is -2.11. The third kappa shape index (κ3) is 1.90. The van der Waals surface area contributed by atoms with Crippen molar-refractivity contribution in [2.75, 3.05) is 7.05 Å². The molecule has 0 spiro atoms. The van der Waals surface area contributed by atoms with Gasteiger partial charge in [-0.3, -0.25) is 0 Å². The Bertz CT molecular complexity index is 275. The average Bonchev–Trinajstić information content (AvgIpc) is 2.03. The number of nitrogens with one attached hydrogen (secondary N) is 1. The molecule has 2 nitrogen and oxygen atoms in total. The van der Waals surface area contributed by atoms with Gasteiger partial charge < -0.3 is 10.4 Å². The van der Waals surface area contributed by atoms with Gasteiger partial charge in [0.2, 0.25) is 0 Å². The molecule has 0 saturated carbocycles. The van der Waals surface area contributed by atoms with Gasteiger partial charge in [0, 0.05) is 16.6 Å². The average molecular weight is 186 g/mol. The standard InChI is InChI=1S/C9H12ClNO/c1-6(11-2)8-4-3-7(10)5-9(8)12/h3-6,11-12H,1-2H3/t6-/m1/s1. The van der Waals surface area contributed by atoms with Crippen LogP contribution in [0.3, 0.4) is 0 Å². The summed E-state index contributed by atoms with van der Waals surface area (Å²) in [5.41, 5.74) is 0.863. The summed E-state index contributed by atoms with van der Waals surface area (Å²) in [6, 6.07) is 5.27. The maximum Gasteiger partial charge on any atom is 0.121 e. The minimum atomic E-state index is 0.141. The van der Waals surface area contributed by atoms with Gasteiger partial charge in [-0.05, 0) is 26.1 Å². The number of rotatable bonds is 2. The van der Waals surface area contributed by atoms with Crippen LogP contribution >= 0.6 is 11.6 Å². The highest BCUT2D eigenvalue weighted by molar-refractivity contribution is 6.30. The fourth-order valence-electron chi connectivity index (χ4n) is 1.04. The van der Waals surface area contributed by atoms with Gasteiger partial charge in [-0.25, -0.2) is 0 Å². The molecule has 0 aliphatic rings. The fraction of sp³-hybridized carbons (Fsp3) is 0.333. The maximum absolute atomic E-state index is 9.47. The summed E-state index contributed by atoms with van der Waals surface area (Å²) < 4.78 is 0. The van der Waals surface area contributed by atoms with Crippen LogP contribution in [0.15, 0.2) is 18.2 Å². The van der Waals surface area contributed by atoms with Gasteiger partial charge >= 0.3 is 0 Å². The molecule has 0 radical (unpaired) electrons. The van der Waals surface area contributed by atoms with E-state index in [1.807, 2.05) is 20.0 Å². The van der Waals surface area contributed by atoms with Gasteiger partial charge in [-0.1, -0.05) is 17.7 Å². The first-order valence-corrected chi connectivity index (χ1v) is 4.18. The zero-order chi connectivity index (χ0) is 9.14. The van der Waals surface area contributed by atoms with Crippen LogP contribution in [-0.2, 0) is 0 Å². The van der Waals surface area contributed by atoms with Crippen molar-refractivity contribution in [2.24, 2.45) is 0 Å². The number of hydrogen-bond donors (Lipinski definition) is 2. The minimum Gasteiger partial charge on any atom is -0.508 e. The number of phenols is 1. The van der Waals surface area contributed by atoms with Crippen LogP contribution < -0.4 is 5.32 Å². The van der Waals surface area contributed by atoms with Gasteiger partial charge in [0.15, 0.2) is 0 Å². The molecule has 0 fully saturated rings. The van der Waals surface area contributed by atoms with E-state index >= 15 is 0 Å². The monoisotopic (exact) mass is 185 g/mol. The molecule has 2 N–H and O–H groups in total. The van der Waals surface area contributed by atoms with Crippen LogP contribution in [0.25, 0.3) is 0 Å². The molecule has 12 heavy (non-hydrogen) atoms. The molecule has 0 saturated heterocycles. The molecule has 1 atom stereocenters. The highest BCUT2D eigenvalue weighted by atomic mass is 35.5. The van der Waals surface area contributed by atoms with E-state index in [0.29, 0.717) is 5.02 Å². The molecule has 0 unspecified atom stereocenters.